The lowest BCUT2D eigenvalue weighted by molar-refractivity contribution is 0.106. The summed E-state index contributed by atoms with van der Waals surface area (Å²) >= 11 is 0. The van der Waals surface area contributed by atoms with Crippen LogP contribution in [0.5, 0.6) is 5.75 Å². The van der Waals surface area contributed by atoms with Crippen molar-refractivity contribution >= 4 is 16.6 Å². The Morgan fingerprint density at radius 3 is 2.55 bits per heavy atom. The van der Waals surface area contributed by atoms with E-state index in [1.165, 1.54) is 60.1 Å². The van der Waals surface area contributed by atoms with Gasteiger partial charge in [-0.3, -0.25) is 0 Å². The van der Waals surface area contributed by atoms with Crippen LogP contribution in [-0.2, 0) is 17.8 Å². The lowest BCUT2D eigenvalue weighted by Crippen LogP contribution is -2.31. The molecular weight excluding hydrogens is 384 g/mol. The molecule has 1 aliphatic heterocycles. The summed E-state index contributed by atoms with van der Waals surface area (Å²) in [4.78, 5) is 2.56. The predicted octanol–water partition coefficient (Wildman–Crippen LogP) is 5.86. The average Bonchev–Trinajstić information content (AvgIpc) is 3.35. The summed E-state index contributed by atoms with van der Waals surface area (Å²) < 4.78 is 8.38. The molecule has 0 unspecified atom stereocenters. The van der Waals surface area contributed by atoms with Crippen LogP contribution in [0.4, 0.5) is 0 Å². The molecule has 0 radical (unpaired) electrons. The third kappa shape index (κ3) is 3.79. The van der Waals surface area contributed by atoms with Crippen LogP contribution in [0.25, 0.3) is 27.7 Å². The van der Waals surface area contributed by atoms with Crippen molar-refractivity contribution in [2.75, 3.05) is 26.2 Å². The Morgan fingerprint density at radius 2 is 1.77 bits per heavy atom. The van der Waals surface area contributed by atoms with Crippen molar-refractivity contribution < 1.29 is 9.84 Å². The van der Waals surface area contributed by atoms with Crippen molar-refractivity contribution in [1.29, 1.82) is 0 Å². The number of ether oxygens (including phenoxy) is 1. The maximum Gasteiger partial charge on any atom is 0.139 e. The molecule has 4 nitrogen and oxygen atoms in total. The first kappa shape index (κ1) is 20.3. The summed E-state index contributed by atoms with van der Waals surface area (Å²) in [6.45, 7) is 7.16. The molecular formula is C27H32N2O2. The lowest BCUT2D eigenvalue weighted by atomic mass is 9.98. The molecule has 4 aromatic rings. The van der Waals surface area contributed by atoms with Gasteiger partial charge in [0.2, 0.25) is 0 Å². The number of piperidine rings is 1. The molecule has 5 rings (SSSR count). The highest BCUT2D eigenvalue weighted by molar-refractivity contribution is 5.98. The molecule has 1 aromatic carbocycles. The quantitative estimate of drug-likeness (QED) is 0.366. The Morgan fingerprint density at radius 1 is 0.968 bits per heavy atom. The van der Waals surface area contributed by atoms with Crippen molar-refractivity contribution in [2.45, 2.75) is 45.6 Å². The maximum absolute atomic E-state index is 10.5. The van der Waals surface area contributed by atoms with E-state index < -0.39 is 0 Å². The minimum atomic E-state index is 0.325. The van der Waals surface area contributed by atoms with E-state index in [-0.39, 0.29) is 0 Å². The Kier molecular flexibility index (Phi) is 5.84. The van der Waals surface area contributed by atoms with Crippen LogP contribution in [0.3, 0.4) is 0 Å². The molecule has 3 aromatic heterocycles. The predicted molar refractivity (Wildman–Crippen MR) is 127 cm³/mol. The molecule has 1 aliphatic rings. The Bertz CT molecular complexity index is 1140. The van der Waals surface area contributed by atoms with Gasteiger partial charge >= 0.3 is 0 Å². The van der Waals surface area contributed by atoms with E-state index in [0.717, 1.165) is 37.1 Å². The fourth-order valence-corrected chi connectivity index (χ4v) is 5.24. The molecule has 31 heavy (non-hydrogen) atoms. The monoisotopic (exact) mass is 416 g/mol. The molecule has 0 spiro atoms. The van der Waals surface area contributed by atoms with Gasteiger partial charge in [-0.25, -0.2) is 0 Å². The second-order valence-corrected chi connectivity index (χ2v) is 8.72. The normalized spacial score (nSPS) is 15.4. The number of aromatic nitrogens is 1. The number of aromatic hydroxyl groups is 1. The zero-order valence-electron chi connectivity index (χ0n) is 18.4. The lowest BCUT2D eigenvalue weighted by Gasteiger charge is -2.26. The number of likely N-dealkylation sites (tertiary alicyclic amines) is 1. The Balaban J connectivity index is 1.43. The summed E-state index contributed by atoms with van der Waals surface area (Å²) in [6, 6.07) is 16.6. The van der Waals surface area contributed by atoms with Gasteiger partial charge in [0.05, 0.1) is 23.2 Å². The number of aryl methyl sites for hydroxylation is 1. The van der Waals surface area contributed by atoms with Crippen molar-refractivity contribution in [2.24, 2.45) is 0 Å². The topological polar surface area (TPSA) is 37.1 Å². The third-order valence-corrected chi connectivity index (χ3v) is 6.72. The van der Waals surface area contributed by atoms with E-state index >= 15 is 0 Å². The summed E-state index contributed by atoms with van der Waals surface area (Å²) in [5.74, 6) is 0.325. The molecule has 0 bridgehead atoms. The zero-order valence-corrected chi connectivity index (χ0v) is 18.4. The van der Waals surface area contributed by atoms with Crippen molar-refractivity contribution in [3.63, 3.8) is 0 Å². The minimum Gasteiger partial charge on any atom is -0.506 e. The van der Waals surface area contributed by atoms with Crippen LogP contribution >= 0.6 is 0 Å². The van der Waals surface area contributed by atoms with Crippen LogP contribution in [-0.4, -0.2) is 40.6 Å². The minimum absolute atomic E-state index is 0.325. The molecule has 162 valence electrons. The number of hydrogen-bond acceptors (Lipinski definition) is 3. The van der Waals surface area contributed by atoms with Crippen LogP contribution in [0, 0.1) is 0 Å². The van der Waals surface area contributed by atoms with Crippen LogP contribution in [0.15, 0.2) is 48.5 Å². The summed E-state index contributed by atoms with van der Waals surface area (Å²) in [5, 5.41) is 10.5. The van der Waals surface area contributed by atoms with Crippen molar-refractivity contribution in [1.82, 2.24) is 9.30 Å². The van der Waals surface area contributed by atoms with E-state index in [9.17, 15) is 5.11 Å². The maximum atomic E-state index is 10.5. The molecule has 4 heterocycles. The molecule has 0 atom stereocenters. The van der Waals surface area contributed by atoms with Crippen LogP contribution in [0.1, 0.15) is 43.7 Å². The number of hydrogen-bond donors (Lipinski definition) is 1. The van der Waals surface area contributed by atoms with Crippen molar-refractivity contribution in [3.8, 4) is 16.9 Å². The fraction of sp³-hybridized carbons (Fsp3) is 0.407. The largest absolute Gasteiger partial charge is 0.506 e. The molecule has 0 amide bonds. The fourth-order valence-electron chi connectivity index (χ4n) is 5.24. The van der Waals surface area contributed by atoms with Gasteiger partial charge in [-0.05, 0) is 68.1 Å². The van der Waals surface area contributed by atoms with Gasteiger partial charge < -0.3 is 19.1 Å². The Labute approximate surface area is 184 Å². The van der Waals surface area contributed by atoms with Gasteiger partial charge in [0.25, 0.3) is 0 Å². The molecule has 0 aliphatic carbocycles. The van der Waals surface area contributed by atoms with Crippen LogP contribution in [0.2, 0.25) is 0 Å². The van der Waals surface area contributed by atoms with Gasteiger partial charge in [0.15, 0.2) is 0 Å². The first-order valence-electron chi connectivity index (χ1n) is 11.7. The highest BCUT2D eigenvalue weighted by Gasteiger charge is 2.22. The summed E-state index contributed by atoms with van der Waals surface area (Å²) in [6.07, 6.45) is 6.07. The molecule has 1 fully saturated rings. The first-order chi connectivity index (χ1) is 15.3. The third-order valence-electron chi connectivity index (χ3n) is 6.72. The van der Waals surface area contributed by atoms with E-state index in [4.69, 9.17) is 4.74 Å². The van der Waals surface area contributed by atoms with Gasteiger partial charge in [-0.15, -0.1) is 0 Å². The second kappa shape index (κ2) is 8.89. The van der Waals surface area contributed by atoms with Crippen molar-refractivity contribution in [3.05, 3.63) is 59.7 Å². The molecule has 4 heteroatoms. The zero-order chi connectivity index (χ0) is 21.2. The van der Waals surface area contributed by atoms with E-state index in [1.54, 1.807) is 0 Å². The van der Waals surface area contributed by atoms with E-state index in [2.05, 4.69) is 52.6 Å². The van der Waals surface area contributed by atoms with Gasteiger partial charge in [-0.2, -0.15) is 0 Å². The highest BCUT2D eigenvalue weighted by Crippen LogP contribution is 2.41. The van der Waals surface area contributed by atoms with E-state index in [0.29, 0.717) is 12.4 Å². The first-order valence-corrected chi connectivity index (χ1v) is 11.7. The summed E-state index contributed by atoms with van der Waals surface area (Å²) in [7, 11) is 0. The van der Waals surface area contributed by atoms with E-state index in [1.807, 2.05) is 12.1 Å². The number of rotatable bonds is 8. The number of nitrogens with zero attached hydrogens (tertiary/aromatic N) is 2. The standard InChI is InChI=1S/C27H32N2O2/c1-2-22-23-12-13-25(30)24-18-21(19-31-17-9-16-28-14-7-4-8-15-28)27(29(23)24)26(22)20-10-5-3-6-11-20/h3,5-6,10-13,18,30H,2,4,7-9,14-17,19H2,1H3. The smallest absolute Gasteiger partial charge is 0.139 e. The van der Waals surface area contributed by atoms with Gasteiger partial charge in [0, 0.05) is 24.3 Å². The SMILES string of the molecule is CCc1c(-c2ccccc2)c2c(COCCCN3CCCCC3)cc3c(O)ccc1n32. The highest BCUT2D eigenvalue weighted by atomic mass is 16.5. The molecule has 1 N–H and O–H groups in total. The Hall–Kier alpha value is -2.56. The van der Waals surface area contributed by atoms with Gasteiger partial charge in [-0.1, -0.05) is 43.7 Å². The number of pyridine rings is 1. The average molecular weight is 417 g/mol. The second-order valence-electron chi connectivity index (χ2n) is 8.72. The number of benzene rings is 1. The molecule has 0 saturated carbocycles. The summed E-state index contributed by atoms with van der Waals surface area (Å²) in [5.41, 5.74) is 8.22. The van der Waals surface area contributed by atoms with Gasteiger partial charge in [0.1, 0.15) is 5.75 Å². The van der Waals surface area contributed by atoms with Crippen LogP contribution < -0.4 is 0 Å². The molecule has 1 saturated heterocycles.